The summed E-state index contributed by atoms with van der Waals surface area (Å²) in [4.78, 5) is 29.4. The largest absolute Gasteiger partial charge is 0.356 e. The van der Waals surface area contributed by atoms with Crippen LogP contribution in [0.2, 0.25) is 0 Å². The van der Waals surface area contributed by atoms with Crippen LogP contribution < -0.4 is 10.9 Å². The minimum Gasteiger partial charge on any atom is -0.356 e. The Balaban J connectivity index is 1.86. The van der Waals surface area contributed by atoms with Gasteiger partial charge in [-0.1, -0.05) is 32.0 Å². The first kappa shape index (κ1) is 19.8. The van der Waals surface area contributed by atoms with E-state index >= 15 is 0 Å². The standard InChI is InChI=1S/C21H27N5O2/c1-14(2)12-13-22-18(27)11-10-17-21(28)25(4)20-19(23-17)15(3)24-26(20)16-8-6-5-7-9-16/h5-9,14H,10-13H2,1-4H3,(H,22,27). The molecule has 2 heterocycles. The summed E-state index contributed by atoms with van der Waals surface area (Å²) in [6.07, 6.45) is 1.50. The van der Waals surface area contributed by atoms with Crippen LogP contribution in [0.1, 0.15) is 38.1 Å². The summed E-state index contributed by atoms with van der Waals surface area (Å²) < 4.78 is 3.31. The van der Waals surface area contributed by atoms with E-state index in [9.17, 15) is 9.59 Å². The summed E-state index contributed by atoms with van der Waals surface area (Å²) >= 11 is 0. The molecule has 0 saturated carbocycles. The lowest BCUT2D eigenvalue weighted by atomic mass is 10.1. The van der Waals surface area contributed by atoms with Crippen molar-refractivity contribution >= 4 is 17.1 Å². The second kappa shape index (κ2) is 8.37. The van der Waals surface area contributed by atoms with Gasteiger partial charge in [-0.15, -0.1) is 0 Å². The van der Waals surface area contributed by atoms with E-state index in [0.717, 1.165) is 17.8 Å². The maximum atomic E-state index is 12.8. The Bertz CT molecular complexity index is 1030. The molecule has 0 spiro atoms. The maximum Gasteiger partial charge on any atom is 0.273 e. The average Bonchev–Trinajstić information content (AvgIpc) is 3.00. The zero-order chi connectivity index (χ0) is 20.3. The number of hydrogen-bond donors (Lipinski definition) is 1. The van der Waals surface area contributed by atoms with Crippen molar-refractivity contribution in [1.29, 1.82) is 0 Å². The van der Waals surface area contributed by atoms with Gasteiger partial charge in [-0.05, 0) is 31.4 Å². The van der Waals surface area contributed by atoms with Gasteiger partial charge in [0.2, 0.25) is 5.91 Å². The molecule has 1 aromatic carbocycles. The number of carbonyl (C=O) groups excluding carboxylic acids is 1. The van der Waals surface area contributed by atoms with Gasteiger partial charge in [-0.3, -0.25) is 14.2 Å². The van der Waals surface area contributed by atoms with Crippen LogP contribution >= 0.6 is 0 Å². The van der Waals surface area contributed by atoms with E-state index in [1.807, 2.05) is 37.3 Å². The predicted octanol–water partition coefficient (Wildman–Crippen LogP) is 2.52. The van der Waals surface area contributed by atoms with E-state index in [4.69, 9.17) is 0 Å². The zero-order valence-electron chi connectivity index (χ0n) is 16.9. The molecular weight excluding hydrogens is 354 g/mol. The fourth-order valence-electron chi connectivity index (χ4n) is 3.14. The zero-order valence-corrected chi connectivity index (χ0v) is 16.9. The molecule has 0 radical (unpaired) electrons. The predicted molar refractivity (Wildman–Crippen MR) is 110 cm³/mol. The fraction of sp³-hybridized carbons (Fsp3) is 0.429. The summed E-state index contributed by atoms with van der Waals surface area (Å²) in [6.45, 7) is 6.77. The number of aryl methyl sites for hydroxylation is 3. The van der Waals surface area contributed by atoms with E-state index in [1.165, 1.54) is 0 Å². The van der Waals surface area contributed by atoms with Gasteiger partial charge in [0.1, 0.15) is 11.2 Å². The minimum atomic E-state index is -0.195. The van der Waals surface area contributed by atoms with E-state index < -0.39 is 0 Å². The molecule has 0 aliphatic rings. The van der Waals surface area contributed by atoms with Gasteiger partial charge in [0.15, 0.2) is 5.65 Å². The average molecular weight is 381 g/mol. The van der Waals surface area contributed by atoms with Crippen molar-refractivity contribution in [1.82, 2.24) is 24.6 Å². The molecule has 148 valence electrons. The van der Waals surface area contributed by atoms with E-state index in [1.54, 1.807) is 16.3 Å². The second-order valence-corrected chi connectivity index (χ2v) is 7.46. The summed E-state index contributed by atoms with van der Waals surface area (Å²) in [5.41, 5.74) is 3.15. The topological polar surface area (TPSA) is 81.8 Å². The molecule has 0 aliphatic heterocycles. The molecule has 28 heavy (non-hydrogen) atoms. The summed E-state index contributed by atoms with van der Waals surface area (Å²) in [7, 11) is 1.72. The van der Waals surface area contributed by atoms with Crippen LogP contribution in [0.5, 0.6) is 0 Å². The molecule has 0 atom stereocenters. The molecule has 0 aliphatic carbocycles. The Kier molecular flexibility index (Phi) is 5.92. The number of nitrogens with one attached hydrogen (secondary N) is 1. The SMILES string of the molecule is Cc1nn(-c2ccccc2)c2c1nc(CCC(=O)NCCC(C)C)c(=O)n2C. The summed E-state index contributed by atoms with van der Waals surface area (Å²) in [5.74, 6) is 0.488. The maximum absolute atomic E-state index is 12.8. The monoisotopic (exact) mass is 381 g/mol. The number of rotatable bonds is 7. The quantitative estimate of drug-likeness (QED) is 0.682. The molecule has 3 aromatic rings. The van der Waals surface area contributed by atoms with Crippen molar-refractivity contribution in [3.63, 3.8) is 0 Å². The van der Waals surface area contributed by atoms with Gasteiger partial charge in [-0.2, -0.15) is 5.10 Å². The second-order valence-electron chi connectivity index (χ2n) is 7.46. The van der Waals surface area contributed by atoms with Crippen molar-refractivity contribution in [3.8, 4) is 5.69 Å². The Hall–Kier alpha value is -2.96. The third-order valence-corrected chi connectivity index (χ3v) is 4.75. The lowest BCUT2D eigenvalue weighted by Crippen LogP contribution is -2.28. The van der Waals surface area contributed by atoms with E-state index in [0.29, 0.717) is 35.7 Å². The highest BCUT2D eigenvalue weighted by molar-refractivity contribution is 5.77. The fourth-order valence-corrected chi connectivity index (χ4v) is 3.14. The first-order valence-electron chi connectivity index (χ1n) is 9.66. The van der Waals surface area contributed by atoms with Crippen molar-refractivity contribution in [2.75, 3.05) is 6.54 Å². The van der Waals surface area contributed by atoms with Crippen molar-refractivity contribution in [3.05, 3.63) is 52.1 Å². The number of fused-ring (bicyclic) bond motifs is 1. The lowest BCUT2D eigenvalue weighted by Gasteiger charge is -2.09. The van der Waals surface area contributed by atoms with Crippen LogP contribution in [0, 0.1) is 12.8 Å². The summed E-state index contributed by atoms with van der Waals surface area (Å²) in [6, 6.07) is 9.66. The highest BCUT2D eigenvalue weighted by atomic mass is 16.1. The Labute approximate surface area is 164 Å². The van der Waals surface area contributed by atoms with E-state index in [2.05, 4.69) is 29.2 Å². The number of carbonyl (C=O) groups is 1. The Morgan fingerprint density at radius 3 is 2.61 bits per heavy atom. The van der Waals surface area contributed by atoms with Gasteiger partial charge < -0.3 is 5.32 Å². The van der Waals surface area contributed by atoms with Gasteiger partial charge in [-0.25, -0.2) is 9.67 Å². The van der Waals surface area contributed by atoms with E-state index in [-0.39, 0.29) is 17.9 Å². The molecule has 3 rings (SSSR count). The molecule has 0 bridgehead atoms. The molecule has 1 amide bonds. The van der Waals surface area contributed by atoms with Gasteiger partial charge in [0, 0.05) is 26.4 Å². The molecule has 2 aromatic heterocycles. The summed E-state index contributed by atoms with van der Waals surface area (Å²) in [5, 5.41) is 7.47. The highest BCUT2D eigenvalue weighted by Gasteiger charge is 2.17. The molecule has 0 unspecified atom stereocenters. The molecular formula is C21H27N5O2. The Morgan fingerprint density at radius 2 is 1.93 bits per heavy atom. The van der Waals surface area contributed by atoms with Crippen molar-refractivity contribution < 1.29 is 4.79 Å². The first-order chi connectivity index (χ1) is 13.4. The van der Waals surface area contributed by atoms with Crippen LogP contribution in [0.4, 0.5) is 0 Å². The number of amides is 1. The van der Waals surface area contributed by atoms with Crippen LogP contribution in [0.15, 0.2) is 35.1 Å². The first-order valence-corrected chi connectivity index (χ1v) is 9.66. The lowest BCUT2D eigenvalue weighted by molar-refractivity contribution is -0.121. The Morgan fingerprint density at radius 1 is 1.21 bits per heavy atom. The number of para-hydroxylation sites is 1. The number of nitrogens with zero attached hydrogens (tertiary/aromatic N) is 4. The van der Waals surface area contributed by atoms with Crippen LogP contribution in [0.3, 0.4) is 0 Å². The molecule has 0 saturated heterocycles. The van der Waals surface area contributed by atoms with Gasteiger partial charge >= 0.3 is 0 Å². The van der Waals surface area contributed by atoms with Crippen molar-refractivity contribution in [2.45, 2.75) is 40.0 Å². The molecule has 0 fully saturated rings. The van der Waals surface area contributed by atoms with Crippen LogP contribution in [0.25, 0.3) is 16.9 Å². The normalized spacial score (nSPS) is 11.3. The van der Waals surface area contributed by atoms with Gasteiger partial charge in [0.05, 0.1) is 11.4 Å². The highest BCUT2D eigenvalue weighted by Crippen LogP contribution is 2.19. The molecule has 1 N–H and O–H groups in total. The molecule has 7 nitrogen and oxygen atoms in total. The number of aromatic nitrogens is 4. The van der Waals surface area contributed by atoms with Crippen LogP contribution in [-0.2, 0) is 18.3 Å². The number of hydrogen-bond acceptors (Lipinski definition) is 4. The third-order valence-electron chi connectivity index (χ3n) is 4.75. The van der Waals surface area contributed by atoms with Gasteiger partial charge in [0.25, 0.3) is 5.56 Å². The molecule has 7 heteroatoms. The van der Waals surface area contributed by atoms with Crippen molar-refractivity contribution in [2.24, 2.45) is 13.0 Å². The smallest absolute Gasteiger partial charge is 0.273 e. The minimum absolute atomic E-state index is 0.0543. The van der Waals surface area contributed by atoms with Crippen LogP contribution in [-0.4, -0.2) is 31.8 Å². The number of benzene rings is 1. The third kappa shape index (κ3) is 4.13.